The first-order valence-corrected chi connectivity index (χ1v) is 8.71. The summed E-state index contributed by atoms with van der Waals surface area (Å²) in [7, 11) is 0. The second kappa shape index (κ2) is 6.40. The number of H-pyrrole nitrogens is 2. The van der Waals surface area contributed by atoms with Gasteiger partial charge in [-0.3, -0.25) is 4.90 Å². The average molecular weight is 337 g/mol. The van der Waals surface area contributed by atoms with Crippen molar-refractivity contribution >= 4 is 0 Å². The van der Waals surface area contributed by atoms with E-state index in [2.05, 4.69) is 50.6 Å². The Morgan fingerprint density at radius 1 is 1.16 bits per heavy atom. The monoisotopic (exact) mass is 337 g/mol. The molecule has 4 rings (SSSR count). The van der Waals surface area contributed by atoms with Gasteiger partial charge in [0.25, 0.3) is 0 Å². The molecule has 130 valence electrons. The van der Waals surface area contributed by atoms with Crippen molar-refractivity contribution in [3.05, 3.63) is 59.2 Å². The maximum absolute atomic E-state index is 4.74. The fraction of sp³-hybridized carbons (Fsp3) is 0.444. The summed E-state index contributed by atoms with van der Waals surface area (Å²) >= 11 is 0. The number of imidazole rings is 2. The van der Waals surface area contributed by atoms with Crippen molar-refractivity contribution in [3.8, 4) is 0 Å². The van der Waals surface area contributed by atoms with Crippen LogP contribution in [0, 0.1) is 6.92 Å². The number of aryl methyl sites for hydroxylation is 1. The standard InChI is InChI=1S/C18H23N7/c1-11(2)18-19-6-4-13(24-18)8-25-7-5-14-16(23-10-21-14)17(25)15-12(3)20-9-22-15/h4,6,9-11,17H,5,7-8H2,1-3H3,(H,20,22)(H,21,23). The number of fused-ring (bicyclic) bond motifs is 1. The minimum atomic E-state index is 0.0405. The van der Waals surface area contributed by atoms with E-state index in [1.165, 1.54) is 5.69 Å². The lowest BCUT2D eigenvalue weighted by Crippen LogP contribution is -2.36. The van der Waals surface area contributed by atoms with Crippen LogP contribution >= 0.6 is 0 Å². The van der Waals surface area contributed by atoms with Gasteiger partial charge in [-0.05, 0) is 13.0 Å². The summed E-state index contributed by atoms with van der Waals surface area (Å²) < 4.78 is 0. The van der Waals surface area contributed by atoms with Gasteiger partial charge in [-0.25, -0.2) is 19.9 Å². The molecule has 0 aliphatic carbocycles. The van der Waals surface area contributed by atoms with E-state index in [0.29, 0.717) is 5.92 Å². The third-order valence-corrected chi connectivity index (χ3v) is 4.77. The fourth-order valence-electron chi connectivity index (χ4n) is 3.43. The number of aromatic amines is 2. The first-order valence-electron chi connectivity index (χ1n) is 8.71. The molecule has 0 radical (unpaired) electrons. The molecule has 4 heterocycles. The summed E-state index contributed by atoms with van der Waals surface area (Å²) in [6.07, 6.45) is 6.35. The molecule has 3 aromatic rings. The van der Waals surface area contributed by atoms with Crippen LogP contribution in [0.15, 0.2) is 24.9 Å². The molecule has 0 saturated carbocycles. The first-order chi connectivity index (χ1) is 12.1. The zero-order chi connectivity index (χ0) is 17.4. The van der Waals surface area contributed by atoms with Crippen LogP contribution in [0.3, 0.4) is 0 Å². The van der Waals surface area contributed by atoms with Gasteiger partial charge in [0.15, 0.2) is 0 Å². The second-order valence-electron chi connectivity index (χ2n) is 6.86. The topological polar surface area (TPSA) is 86.4 Å². The van der Waals surface area contributed by atoms with Crippen LogP contribution in [-0.4, -0.2) is 41.3 Å². The van der Waals surface area contributed by atoms with E-state index < -0.39 is 0 Å². The lowest BCUT2D eigenvalue weighted by atomic mass is 9.98. The normalized spacial score (nSPS) is 17.8. The minimum Gasteiger partial charge on any atom is -0.348 e. The van der Waals surface area contributed by atoms with Crippen LogP contribution < -0.4 is 0 Å². The zero-order valence-corrected chi connectivity index (χ0v) is 14.8. The highest BCUT2D eigenvalue weighted by atomic mass is 15.2. The molecule has 0 bridgehead atoms. The van der Waals surface area contributed by atoms with E-state index in [-0.39, 0.29) is 6.04 Å². The summed E-state index contributed by atoms with van der Waals surface area (Å²) in [6.45, 7) is 7.99. The Hall–Kier alpha value is -2.54. The van der Waals surface area contributed by atoms with Gasteiger partial charge in [0.2, 0.25) is 0 Å². The smallest absolute Gasteiger partial charge is 0.131 e. The van der Waals surface area contributed by atoms with Gasteiger partial charge >= 0.3 is 0 Å². The Morgan fingerprint density at radius 3 is 2.72 bits per heavy atom. The SMILES string of the molecule is Cc1[nH]cnc1C1c2nc[nH]c2CCN1Cc1ccnc(C(C)C)n1. The molecule has 1 unspecified atom stereocenters. The van der Waals surface area contributed by atoms with Crippen molar-refractivity contribution in [1.29, 1.82) is 0 Å². The summed E-state index contributed by atoms with van der Waals surface area (Å²) in [5.74, 6) is 1.21. The maximum Gasteiger partial charge on any atom is 0.131 e. The van der Waals surface area contributed by atoms with Gasteiger partial charge in [0.05, 0.1) is 35.8 Å². The Balaban J connectivity index is 1.69. The van der Waals surface area contributed by atoms with Crippen LogP contribution in [0.4, 0.5) is 0 Å². The van der Waals surface area contributed by atoms with E-state index in [0.717, 1.165) is 48.1 Å². The van der Waals surface area contributed by atoms with E-state index in [4.69, 9.17) is 4.98 Å². The number of aromatic nitrogens is 6. The summed E-state index contributed by atoms with van der Waals surface area (Å²) in [5.41, 5.74) is 5.42. The molecule has 25 heavy (non-hydrogen) atoms. The Morgan fingerprint density at radius 2 is 1.96 bits per heavy atom. The van der Waals surface area contributed by atoms with E-state index >= 15 is 0 Å². The molecule has 3 aromatic heterocycles. The van der Waals surface area contributed by atoms with Crippen LogP contribution in [0.2, 0.25) is 0 Å². The van der Waals surface area contributed by atoms with Gasteiger partial charge in [0.1, 0.15) is 5.82 Å². The lowest BCUT2D eigenvalue weighted by Gasteiger charge is -2.34. The summed E-state index contributed by atoms with van der Waals surface area (Å²) in [6, 6.07) is 2.04. The van der Waals surface area contributed by atoms with E-state index in [1.54, 1.807) is 12.7 Å². The van der Waals surface area contributed by atoms with Gasteiger partial charge in [-0.15, -0.1) is 0 Å². The van der Waals surface area contributed by atoms with E-state index in [9.17, 15) is 0 Å². The largest absolute Gasteiger partial charge is 0.348 e. The highest BCUT2D eigenvalue weighted by molar-refractivity contribution is 5.31. The lowest BCUT2D eigenvalue weighted by molar-refractivity contribution is 0.194. The van der Waals surface area contributed by atoms with Gasteiger partial charge in [0, 0.05) is 43.0 Å². The highest BCUT2D eigenvalue weighted by Crippen LogP contribution is 2.34. The van der Waals surface area contributed by atoms with Crippen LogP contribution in [0.5, 0.6) is 0 Å². The molecule has 1 atom stereocenters. The van der Waals surface area contributed by atoms with Crippen LogP contribution in [0.1, 0.15) is 60.1 Å². The van der Waals surface area contributed by atoms with Crippen molar-refractivity contribution in [2.45, 2.75) is 45.7 Å². The van der Waals surface area contributed by atoms with Crippen molar-refractivity contribution in [2.24, 2.45) is 0 Å². The third kappa shape index (κ3) is 2.95. The van der Waals surface area contributed by atoms with Crippen LogP contribution in [-0.2, 0) is 13.0 Å². The second-order valence-corrected chi connectivity index (χ2v) is 6.86. The maximum atomic E-state index is 4.74. The highest BCUT2D eigenvalue weighted by Gasteiger charge is 2.33. The summed E-state index contributed by atoms with van der Waals surface area (Å²) in [4.78, 5) is 27.2. The Labute approximate surface area is 147 Å². The van der Waals surface area contributed by atoms with E-state index in [1.807, 2.05) is 12.3 Å². The minimum absolute atomic E-state index is 0.0405. The number of hydrogen-bond acceptors (Lipinski definition) is 5. The molecular weight excluding hydrogens is 314 g/mol. The third-order valence-electron chi connectivity index (χ3n) is 4.77. The number of rotatable bonds is 4. The molecule has 1 aliphatic rings. The number of nitrogens with one attached hydrogen (secondary N) is 2. The molecular formula is C18H23N7. The molecule has 1 aliphatic heterocycles. The van der Waals surface area contributed by atoms with Gasteiger partial charge in [-0.1, -0.05) is 13.8 Å². The molecule has 0 amide bonds. The fourth-order valence-corrected chi connectivity index (χ4v) is 3.43. The van der Waals surface area contributed by atoms with Gasteiger partial charge < -0.3 is 9.97 Å². The quantitative estimate of drug-likeness (QED) is 0.764. The molecule has 0 fully saturated rings. The Kier molecular flexibility index (Phi) is 4.09. The molecule has 0 spiro atoms. The van der Waals surface area contributed by atoms with Crippen molar-refractivity contribution in [3.63, 3.8) is 0 Å². The number of hydrogen-bond donors (Lipinski definition) is 2. The Bertz CT molecular complexity index is 864. The molecule has 0 saturated heterocycles. The van der Waals surface area contributed by atoms with Gasteiger partial charge in [-0.2, -0.15) is 0 Å². The first kappa shape index (κ1) is 16.0. The molecule has 7 nitrogen and oxygen atoms in total. The number of nitrogens with zero attached hydrogens (tertiary/aromatic N) is 5. The average Bonchev–Trinajstić information content (AvgIpc) is 3.24. The molecule has 7 heteroatoms. The van der Waals surface area contributed by atoms with Crippen molar-refractivity contribution < 1.29 is 0 Å². The predicted molar refractivity (Wildman–Crippen MR) is 94.0 cm³/mol. The van der Waals surface area contributed by atoms with Crippen molar-refractivity contribution in [2.75, 3.05) is 6.54 Å². The summed E-state index contributed by atoms with van der Waals surface area (Å²) in [5, 5.41) is 0. The van der Waals surface area contributed by atoms with Crippen LogP contribution in [0.25, 0.3) is 0 Å². The zero-order valence-electron chi connectivity index (χ0n) is 14.8. The predicted octanol–water partition coefficient (Wildman–Crippen LogP) is 2.50. The van der Waals surface area contributed by atoms with Crippen molar-refractivity contribution in [1.82, 2.24) is 34.8 Å². The molecule has 0 aromatic carbocycles. The molecule has 2 N–H and O–H groups in total.